The summed E-state index contributed by atoms with van der Waals surface area (Å²) in [7, 11) is 0. The first kappa shape index (κ1) is 18.9. The molecule has 0 saturated carbocycles. The fraction of sp³-hybridized carbons (Fsp3) is 0.333. The van der Waals surface area contributed by atoms with Crippen molar-refractivity contribution in [3.8, 4) is 5.75 Å². The third-order valence-electron chi connectivity index (χ3n) is 4.94. The van der Waals surface area contributed by atoms with Gasteiger partial charge < -0.3 is 14.4 Å². The van der Waals surface area contributed by atoms with Gasteiger partial charge in [-0.25, -0.2) is 4.39 Å². The molecule has 146 valence electrons. The number of amides is 1. The van der Waals surface area contributed by atoms with E-state index < -0.39 is 5.82 Å². The molecule has 0 radical (unpaired) electrons. The number of fused-ring (bicyclic) bond motifs is 1. The van der Waals surface area contributed by atoms with Gasteiger partial charge in [-0.1, -0.05) is 23.7 Å². The summed E-state index contributed by atoms with van der Waals surface area (Å²) in [5.41, 5.74) is 1.58. The van der Waals surface area contributed by atoms with E-state index in [1.54, 1.807) is 4.90 Å². The van der Waals surface area contributed by atoms with Crippen molar-refractivity contribution in [2.24, 2.45) is 5.92 Å². The maximum atomic E-state index is 14.3. The molecular formula is C21H19ClFNO4. The molecule has 1 saturated heterocycles. The van der Waals surface area contributed by atoms with Gasteiger partial charge in [0.2, 0.25) is 0 Å². The van der Waals surface area contributed by atoms with E-state index in [2.05, 4.69) is 0 Å². The van der Waals surface area contributed by atoms with Gasteiger partial charge in [0, 0.05) is 42.1 Å². The predicted octanol–water partition coefficient (Wildman–Crippen LogP) is 3.27. The third kappa shape index (κ3) is 4.03. The standard InChI is InChI=1S/C21H19ClFNO4/c22-16-3-1-13(2-4-16)10-27-11-14-8-24(9-14)21(26)18-6-15-5-17(25)12-28-20(15)7-19(18)23/h1-4,6-7,14H,5,8-12H2. The Balaban J connectivity index is 1.29. The molecule has 28 heavy (non-hydrogen) atoms. The van der Waals surface area contributed by atoms with E-state index in [9.17, 15) is 14.0 Å². The summed E-state index contributed by atoms with van der Waals surface area (Å²) in [6.07, 6.45) is 0.164. The van der Waals surface area contributed by atoms with Gasteiger partial charge in [0.15, 0.2) is 5.78 Å². The van der Waals surface area contributed by atoms with E-state index in [4.69, 9.17) is 21.1 Å². The smallest absolute Gasteiger partial charge is 0.256 e. The average molecular weight is 404 g/mol. The van der Waals surface area contributed by atoms with Crippen molar-refractivity contribution in [1.82, 2.24) is 4.90 Å². The van der Waals surface area contributed by atoms with Crippen LogP contribution < -0.4 is 4.74 Å². The number of carbonyl (C=O) groups is 2. The van der Waals surface area contributed by atoms with Crippen LogP contribution in [0.2, 0.25) is 5.02 Å². The molecule has 2 heterocycles. The molecule has 4 rings (SSSR count). The zero-order chi connectivity index (χ0) is 19.7. The summed E-state index contributed by atoms with van der Waals surface area (Å²) in [4.78, 5) is 25.7. The van der Waals surface area contributed by atoms with Gasteiger partial charge in [-0.15, -0.1) is 0 Å². The quantitative estimate of drug-likeness (QED) is 0.768. The van der Waals surface area contributed by atoms with E-state index in [-0.39, 0.29) is 36.2 Å². The van der Waals surface area contributed by atoms with Crippen LogP contribution in [-0.4, -0.2) is 42.9 Å². The summed E-state index contributed by atoms with van der Waals surface area (Å²) in [5, 5.41) is 0.683. The number of hydrogen-bond acceptors (Lipinski definition) is 4. The largest absolute Gasteiger partial charge is 0.485 e. The van der Waals surface area contributed by atoms with Crippen molar-refractivity contribution in [2.75, 3.05) is 26.3 Å². The minimum atomic E-state index is -0.625. The lowest BCUT2D eigenvalue weighted by atomic mass is 9.97. The number of carbonyl (C=O) groups excluding carboxylic acids is 2. The van der Waals surface area contributed by atoms with Crippen molar-refractivity contribution in [2.45, 2.75) is 13.0 Å². The molecular weight excluding hydrogens is 385 g/mol. The van der Waals surface area contributed by atoms with Gasteiger partial charge >= 0.3 is 0 Å². The van der Waals surface area contributed by atoms with Crippen LogP contribution in [0.15, 0.2) is 36.4 Å². The number of benzene rings is 2. The van der Waals surface area contributed by atoms with Crippen LogP contribution in [0.25, 0.3) is 0 Å². The van der Waals surface area contributed by atoms with E-state index >= 15 is 0 Å². The Morgan fingerprint density at radius 1 is 1.25 bits per heavy atom. The third-order valence-corrected chi connectivity index (χ3v) is 5.19. The van der Waals surface area contributed by atoms with Crippen molar-refractivity contribution < 1.29 is 23.5 Å². The molecule has 0 unspecified atom stereocenters. The molecule has 0 atom stereocenters. The Morgan fingerprint density at radius 2 is 2.00 bits per heavy atom. The fourth-order valence-electron chi connectivity index (χ4n) is 3.39. The highest BCUT2D eigenvalue weighted by Crippen LogP contribution is 2.29. The van der Waals surface area contributed by atoms with Gasteiger partial charge in [0.05, 0.1) is 18.8 Å². The van der Waals surface area contributed by atoms with E-state index in [0.29, 0.717) is 42.6 Å². The van der Waals surface area contributed by atoms with E-state index in [0.717, 1.165) is 5.56 Å². The van der Waals surface area contributed by atoms with Crippen LogP contribution in [0.5, 0.6) is 5.75 Å². The maximum Gasteiger partial charge on any atom is 0.256 e. The maximum absolute atomic E-state index is 14.3. The molecule has 0 aromatic heterocycles. The molecule has 0 aliphatic carbocycles. The molecule has 1 fully saturated rings. The van der Waals surface area contributed by atoms with E-state index in [1.165, 1.54) is 12.1 Å². The SMILES string of the molecule is O=C1COc2cc(F)c(C(=O)N3CC(COCc4ccc(Cl)cc4)C3)cc2C1. The minimum absolute atomic E-state index is 0.0161. The number of ether oxygens (including phenoxy) is 2. The number of likely N-dealkylation sites (tertiary alicyclic amines) is 1. The number of nitrogens with zero attached hydrogens (tertiary/aromatic N) is 1. The number of rotatable bonds is 5. The molecule has 0 N–H and O–H groups in total. The summed E-state index contributed by atoms with van der Waals surface area (Å²) in [6.45, 7) is 2.00. The summed E-state index contributed by atoms with van der Waals surface area (Å²) >= 11 is 5.85. The highest BCUT2D eigenvalue weighted by molar-refractivity contribution is 6.30. The Morgan fingerprint density at radius 3 is 2.75 bits per heavy atom. The monoisotopic (exact) mass is 403 g/mol. The topological polar surface area (TPSA) is 55.8 Å². The van der Waals surface area contributed by atoms with Crippen LogP contribution in [0.4, 0.5) is 4.39 Å². The van der Waals surface area contributed by atoms with Crippen LogP contribution in [0.1, 0.15) is 21.5 Å². The Labute approximate surface area is 167 Å². The highest BCUT2D eigenvalue weighted by Gasteiger charge is 2.33. The first-order chi connectivity index (χ1) is 13.5. The van der Waals surface area contributed by atoms with Crippen LogP contribution in [0, 0.1) is 11.7 Å². The number of halogens is 2. The number of Topliss-reactive ketones (excluding diaryl/α,β-unsaturated/α-hetero) is 1. The summed E-state index contributed by atoms with van der Waals surface area (Å²) in [5.74, 6) is -0.514. The summed E-state index contributed by atoms with van der Waals surface area (Å²) < 4.78 is 25.2. The second-order valence-electron chi connectivity index (χ2n) is 7.16. The van der Waals surface area contributed by atoms with Gasteiger partial charge in [-0.05, 0) is 23.8 Å². The van der Waals surface area contributed by atoms with Crippen LogP contribution >= 0.6 is 11.6 Å². The van der Waals surface area contributed by atoms with Gasteiger partial charge in [-0.2, -0.15) is 0 Å². The molecule has 5 nitrogen and oxygen atoms in total. The molecule has 7 heteroatoms. The average Bonchev–Trinajstić information content (AvgIpc) is 2.64. The van der Waals surface area contributed by atoms with Crippen molar-refractivity contribution in [3.05, 3.63) is 63.9 Å². The van der Waals surface area contributed by atoms with Gasteiger partial charge in [0.1, 0.15) is 18.2 Å². The van der Waals surface area contributed by atoms with Crippen LogP contribution in [-0.2, 0) is 22.6 Å². The van der Waals surface area contributed by atoms with Crippen molar-refractivity contribution in [1.29, 1.82) is 0 Å². The second-order valence-corrected chi connectivity index (χ2v) is 7.60. The van der Waals surface area contributed by atoms with Crippen molar-refractivity contribution in [3.63, 3.8) is 0 Å². The molecule has 0 spiro atoms. The van der Waals surface area contributed by atoms with Crippen LogP contribution in [0.3, 0.4) is 0 Å². The zero-order valence-corrected chi connectivity index (χ0v) is 15.9. The Bertz CT molecular complexity index is 909. The Hall–Kier alpha value is -2.44. The molecule has 1 amide bonds. The van der Waals surface area contributed by atoms with Gasteiger partial charge in [0.25, 0.3) is 5.91 Å². The Kier molecular flexibility index (Phi) is 5.33. The van der Waals surface area contributed by atoms with Gasteiger partial charge in [-0.3, -0.25) is 9.59 Å². The first-order valence-corrected chi connectivity index (χ1v) is 9.46. The molecule has 2 aromatic carbocycles. The molecule has 0 bridgehead atoms. The number of ketones is 1. The molecule has 2 aromatic rings. The fourth-order valence-corrected chi connectivity index (χ4v) is 3.52. The predicted molar refractivity (Wildman–Crippen MR) is 101 cm³/mol. The first-order valence-electron chi connectivity index (χ1n) is 9.08. The number of hydrogen-bond donors (Lipinski definition) is 0. The lowest BCUT2D eigenvalue weighted by molar-refractivity contribution is -0.121. The lowest BCUT2D eigenvalue weighted by Crippen LogP contribution is -2.51. The molecule has 2 aliphatic heterocycles. The second kappa shape index (κ2) is 7.89. The lowest BCUT2D eigenvalue weighted by Gasteiger charge is -2.39. The zero-order valence-electron chi connectivity index (χ0n) is 15.1. The normalized spacial score (nSPS) is 16.4. The highest BCUT2D eigenvalue weighted by atomic mass is 35.5. The summed E-state index contributed by atoms with van der Waals surface area (Å²) in [6, 6.07) is 10.1. The van der Waals surface area contributed by atoms with E-state index in [1.807, 2.05) is 24.3 Å². The van der Waals surface area contributed by atoms with Crippen molar-refractivity contribution >= 4 is 23.3 Å². The molecule has 2 aliphatic rings. The minimum Gasteiger partial charge on any atom is -0.485 e.